The van der Waals surface area contributed by atoms with E-state index in [1.54, 1.807) is 34.9 Å². The van der Waals surface area contributed by atoms with Gasteiger partial charge >= 0.3 is 0 Å². The van der Waals surface area contributed by atoms with Crippen LogP contribution in [0.5, 0.6) is 0 Å². The third-order valence-electron chi connectivity index (χ3n) is 3.13. The van der Waals surface area contributed by atoms with Gasteiger partial charge in [0.1, 0.15) is 10.7 Å². The normalized spacial score (nSPS) is 10.4. The van der Waals surface area contributed by atoms with E-state index < -0.39 is 5.91 Å². The number of carbonyl (C=O) groups excluding carboxylic acids is 2. The number of nitrogens with one attached hydrogen (secondary N) is 1. The van der Waals surface area contributed by atoms with E-state index >= 15 is 0 Å². The van der Waals surface area contributed by atoms with Crippen LogP contribution < -0.4 is 11.1 Å². The van der Waals surface area contributed by atoms with Gasteiger partial charge in [-0.05, 0) is 29.1 Å². The summed E-state index contributed by atoms with van der Waals surface area (Å²) in [5, 5.41) is 7.35. The zero-order chi connectivity index (χ0) is 16.2. The molecular formula is C16H13N3O2S2. The highest BCUT2D eigenvalue weighted by molar-refractivity contribution is 7.20. The molecule has 116 valence electrons. The highest BCUT2D eigenvalue weighted by Gasteiger charge is 2.12. The number of thiophene rings is 1. The number of carbonyl (C=O) groups is 2. The minimum Gasteiger partial charge on any atom is -0.366 e. The molecule has 0 aliphatic carbocycles. The maximum Gasteiger partial charge on any atom is 0.271 e. The maximum atomic E-state index is 12.2. The lowest BCUT2D eigenvalue weighted by Crippen LogP contribution is -2.23. The predicted molar refractivity (Wildman–Crippen MR) is 91.6 cm³/mol. The molecule has 0 aliphatic rings. The Balaban J connectivity index is 1.66. The first kappa shape index (κ1) is 15.4. The number of thiazole rings is 1. The largest absolute Gasteiger partial charge is 0.366 e. The molecule has 0 saturated heterocycles. The number of primary amides is 1. The second kappa shape index (κ2) is 6.72. The minimum atomic E-state index is -0.488. The lowest BCUT2D eigenvalue weighted by molar-refractivity contribution is 0.0946. The van der Waals surface area contributed by atoms with Crippen LogP contribution in [0.3, 0.4) is 0 Å². The smallest absolute Gasteiger partial charge is 0.271 e. The number of amides is 2. The Hall–Kier alpha value is -2.51. The van der Waals surface area contributed by atoms with Crippen molar-refractivity contribution in [2.45, 2.75) is 6.54 Å². The van der Waals surface area contributed by atoms with Crippen LogP contribution in [0.1, 0.15) is 26.4 Å². The van der Waals surface area contributed by atoms with E-state index in [-0.39, 0.29) is 5.91 Å². The van der Waals surface area contributed by atoms with Gasteiger partial charge in [0.05, 0.1) is 4.88 Å². The molecule has 0 saturated carbocycles. The van der Waals surface area contributed by atoms with E-state index in [1.807, 2.05) is 23.6 Å². The van der Waals surface area contributed by atoms with Crippen LogP contribution in [-0.2, 0) is 6.54 Å². The average molecular weight is 343 g/mol. The summed E-state index contributed by atoms with van der Waals surface area (Å²) >= 11 is 3.03. The van der Waals surface area contributed by atoms with Gasteiger partial charge in [-0.1, -0.05) is 18.2 Å². The molecule has 0 bridgehead atoms. The average Bonchev–Trinajstić information content (AvgIpc) is 3.23. The second-order valence-corrected chi connectivity index (χ2v) is 6.57. The van der Waals surface area contributed by atoms with Crippen molar-refractivity contribution in [1.29, 1.82) is 0 Å². The zero-order valence-corrected chi connectivity index (χ0v) is 13.6. The quantitative estimate of drug-likeness (QED) is 0.747. The third-order valence-corrected chi connectivity index (χ3v) is 5.01. The van der Waals surface area contributed by atoms with Gasteiger partial charge in [0.25, 0.3) is 5.91 Å². The van der Waals surface area contributed by atoms with Crippen molar-refractivity contribution in [2.24, 2.45) is 5.73 Å². The Morgan fingerprint density at radius 3 is 2.78 bits per heavy atom. The van der Waals surface area contributed by atoms with Crippen LogP contribution in [0.4, 0.5) is 0 Å². The second-order valence-electron chi connectivity index (χ2n) is 4.76. The fourth-order valence-electron chi connectivity index (χ4n) is 2.00. The van der Waals surface area contributed by atoms with E-state index in [2.05, 4.69) is 10.3 Å². The Kier molecular flexibility index (Phi) is 4.50. The van der Waals surface area contributed by atoms with Crippen LogP contribution in [0.25, 0.3) is 9.88 Å². The summed E-state index contributed by atoms with van der Waals surface area (Å²) in [5.74, 6) is -0.730. The van der Waals surface area contributed by atoms with Gasteiger partial charge in [-0.2, -0.15) is 0 Å². The van der Waals surface area contributed by atoms with Gasteiger partial charge in [0.15, 0.2) is 0 Å². The molecule has 7 heteroatoms. The van der Waals surface area contributed by atoms with E-state index in [0.29, 0.717) is 17.8 Å². The SMILES string of the molecule is NC(=O)c1cccc(CNC(=O)c2csc(-c3cccs3)n2)c1. The fourth-order valence-corrected chi connectivity index (χ4v) is 3.61. The lowest BCUT2D eigenvalue weighted by Gasteiger charge is -2.04. The van der Waals surface area contributed by atoms with E-state index in [4.69, 9.17) is 5.73 Å². The molecule has 2 amide bonds. The Labute approximate surface area is 140 Å². The van der Waals surface area contributed by atoms with Gasteiger partial charge in [-0.25, -0.2) is 4.98 Å². The zero-order valence-electron chi connectivity index (χ0n) is 12.0. The summed E-state index contributed by atoms with van der Waals surface area (Å²) in [7, 11) is 0. The van der Waals surface area contributed by atoms with Crippen LogP contribution in [0, 0.1) is 0 Å². The Morgan fingerprint density at radius 1 is 1.17 bits per heavy atom. The van der Waals surface area contributed by atoms with Crippen LogP contribution in [0.2, 0.25) is 0 Å². The molecule has 3 aromatic rings. The van der Waals surface area contributed by atoms with E-state index in [0.717, 1.165) is 15.4 Å². The molecule has 2 heterocycles. The van der Waals surface area contributed by atoms with E-state index in [9.17, 15) is 9.59 Å². The molecule has 2 aromatic heterocycles. The number of hydrogen-bond donors (Lipinski definition) is 2. The molecule has 0 fully saturated rings. The lowest BCUT2D eigenvalue weighted by atomic mass is 10.1. The minimum absolute atomic E-state index is 0.242. The van der Waals surface area contributed by atoms with Crippen LogP contribution in [-0.4, -0.2) is 16.8 Å². The van der Waals surface area contributed by atoms with Crippen molar-refractivity contribution in [3.05, 3.63) is 64.0 Å². The summed E-state index contributed by atoms with van der Waals surface area (Å²) in [4.78, 5) is 28.7. The fraction of sp³-hybridized carbons (Fsp3) is 0.0625. The number of hydrogen-bond acceptors (Lipinski definition) is 5. The van der Waals surface area contributed by atoms with Crippen molar-refractivity contribution >= 4 is 34.5 Å². The first-order valence-electron chi connectivity index (χ1n) is 6.80. The van der Waals surface area contributed by atoms with Crippen molar-refractivity contribution in [3.63, 3.8) is 0 Å². The van der Waals surface area contributed by atoms with Gasteiger partial charge in [-0.3, -0.25) is 9.59 Å². The summed E-state index contributed by atoms with van der Waals surface area (Å²) in [6.45, 7) is 0.311. The molecule has 23 heavy (non-hydrogen) atoms. The highest BCUT2D eigenvalue weighted by atomic mass is 32.1. The van der Waals surface area contributed by atoms with Gasteiger partial charge in [0, 0.05) is 17.5 Å². The predicted octanol–water partition coefficient (Wildman–Crippen LogP) is 2.90. The van der Waals surface area contributed by atoms with Crippen molar-refractivity contribution in [1.82, 2.24) is 10.3 Å². The Bertz CT molecular complexity index is 841. The van der Waals surface area contributed by atoms with Crippen molar-refractivity contribution in [3.8, 4) is 9.88 Å². The molecule has 1 aromatic carbocycles. The topological polar surface area (TPSA) is 85.1 Å². The summed E-state index contributed by atoms with van der Waals surface area (Å²) in [6.07, 6.45) is 0. The molecule has 0 atom stereocenters. The van der Waals surface area contributed by atoms with Crippen LogP contribution in [0.15, 0.2) is 47.2 Å². The first-order valence-corrected chi connectivity index (χ1v) is 8.56. The third kappa shape index (κ3) is 3.64. The maximum absolute atomic E-state index is 12.2. The summed E-state index contributed by atoms with van der Waals surface area (Å²) in [5.41, 5.74) is 6.87. The van der Waals surface area contributed by atoms with Crippen LogP contribution >= 0.6 is 22.7 Å². The van der Waals surface area contributed by atoms with Gasteiger partial charge in [-0.15, -0.1) is 22.7 Å². The number of nitrogens with zero attached hydrogens (tertiary/aromatic N) is 1. The van der Waals surface area contributed by atoms with Gasteiger partial charge in [0.2, 0.25) is 5.91 Å². The summed E-state index contributed by atoms with van der Waals surface area (Å²) in [6, 6.07) is 10.8. The van der Waals surface area contributed by atoms with Crippen molar-refractivity contribution in [2.75, 3.05) is 0 Å². The molecule has 0 radical (unpaired) electrons. The first-order chi connectivity index (χ1) is 11.1. The van der Waals surface area contributed by atoms with Gasteiger partial charge < -0.3 is 11.1 Å². The number of benzene rings is 1. The monoisotopic (exact) mass is 343 g/mol. The number of nitrogens with two attached hydrogens (primary N) is 1. The highest BCUT2D eigenvalue weighted by Crippen LogP contribution is 2.27. The van der Waals surface area contributed by atoms with Crippen molar-refractivity contribution < 1.29 is 9.59 Å². The Morgan fingerprint density at radius 2 is 2.04 bits per heavy atom. The molecular weight excluding hydrogens is 330 g/mol. The number of rotatable bonds is 5. The molecule has 5 nitrogen and oxygen atoms in total. The molecule has 0 aliphatic heterocycles. The van der Waals surface area contributed by atoms with E-state index in [1.165, 1.54) is 11.3 Å². The molecule has 3 rings (SSSR count). The molecule has 3 N–H and O–H groups in total. The number of aromatic nitrogens is 1. The molecule has 0 spiro atoms. The standard InChI is InChI=1S/C16H13N3O2S2/c17-14(20)11-4-1-3-10(7-11)8-18-15(21)12-9-23-16(19-12)13-5-2-6-22-13/h1-7,9H,8H2,(H2,17,20)(H,18,21). The summed E-state index contributed by atoms with van der Waals surface area (Å²) < 4.78 is 0. The molecule has 0 unspecified atom stereocenters.